The first-order valence-corrected chi connectivity index (χ1v) is 11.5. The number of phenolic OH excluding ortho intramolecular Hbond substituents is 1. The van der Waals surface area contributed by atoms with Crippen molar-refractivity contribution in [3.05, 3.63) is 73.4 Å². The molecule has 0 aliphatic heterocycles. The van der Waals surface area contributed by atoms with E-state index in [1.807, 2.05) is 32.0 Å². The number of nitrogens with zero attached hydrogens (tertiary/aromatic N) is 6. The Kier molecular flexibility index (Phi) is 6.91. The molecule has 168 valence electrons. The van der Waals surface area contributed by atoms with Crippen LogP contribution in [-0.2, 0) is 0 Å². The minimum Gasteiger partial charge on any atom is -0.506 e. The minimum atomic E-state index is 0.116. The zero-order valence-electron chi connectivity index (χ0n) is 17.4. The van der Waals surface area contributed by atoms with Crippen LogP contribution >= 0.6 is 43.5 Å². The number of rotatable bonds is 6. The molecule has 0 radical (unpaired) electrons. The highest BCUT2D eigenvalue weighted by Gasteiger charge is 2.12. The lowest BCUT2D eigenvalue weighted by atomic mass is 10.2. The van der Waals surface area contributed by atoms with Crippen molar-refractivity contribution >= 4 is 67.3 Å². The third-order valence-electron chi connectivity index (χ3n) is 4.34. The molecule has 2 heterocycles. The topological polar surface area (TPSA) is 113 Å². The highest BCUT2D eigenvalue weighted by molar-refractivity contribution is 9.11. The fraction of sp³-hybridized carbons (Fsp3) is 0.0952. The lowest BCUT2D eigenvalue weighted by molar-refractivity contribution is 0.468. The summed E-state index contributed by atoms with van der Waals surface area (Å²) < 4.78 is 2.71. The van der Waals surface area contributed by atoms with Crippen molar-refractivity contribution in [3.63, 3.8) is 0 Å². The standard InChI is InChI=1S/C21H17Br2ClN8O/c1-11-7-12(2)32(31-11)21-28-19(26-15-5-3-14(24)4-6-15)27-20(29-21)30-25-10-13-8-16(22)18(33)17(23)9-13/h3-10,33H,1-2H3,(H2,26,27,28,29,30)/b25-10-. The maximum atomic E-state index is 9.86. The molecule has 0 saturated carbocycles. The fourth-order valence-corrected chi connectivity index (χ4v) is 4.23. The number of benzene rings is 2. The Hall–Kier alpha value is -3.02. The van der Waals surface area contributed by atoms with Crippen molar-refractivity contribution in [1.82, 2.24) is 24.7 Å². The molecule has 0 aliphatic rings. The first kappa shape index (κ1) is 23.1. The smallest absolute Gasteiger partial charge is 0.257 e. The van der Waals surface area contributed by atoms with Gasteiger partial charge in [0.25, 0.3) is 5.95 Å². The highest BCUT2D eigenvalue weighted by atomic mass is 79.9. The number of halogens is 3. The van der Waals surface area contributed by atoms with Crippen LogP contribution in [0.15, 0.2) is 56.5 Å². The fourth-order valence-electron chi connectivity index (χ4n) is 2.88. The monoisotopic (exact) mass is 590 g/mol. The maximum Gasteiger partial charge on any atom is 0.257 e. The Balaban J connectivity index is 1.65. The lowest BCUT2D eigenvalue weighted by Crippen LogP contribution is -2.11. The first-order chi connectivity index (χ1) is 15.8. The number of hydrogen-bond donors (Lipinski definition) is 3. The molecule has 12 heteroatoms. The predicted octanol–water partition coefficient (Wildman–Crippen LogP) is 5.75. The highest BCUT2D eigenvalue weighted by Crippen LogP contribution is 2.32. The van der Waals surface area contributed by atoms with Crippen molar-refractivity contribution in [2.24, 2.45) is 5.10 Å². The summed E-state index contributed by atoms with van der Waals surface area (Å²) >= 11 is 12.6. The molecule has 0 aliphatic carbocycles. The Morgan fingerprint density at radius 2 is 1.67 bits per heavy atom. The van der Waals surface area contributed by atoms with Crippen molar-refractivity contribution in [1.29, 1.82) is 0 Å². The van der Waals surface area contributed by atoms with Crippen LogP contribution in [0.4, 0.5) is 17.6 Å². The summed E-state index contributed by atoms with van der Waals surface area (Å²) in [5.41, 5.74) is 6.06. The van der Waals surface area contributed by atoms with E-state index < -0.39 is 0 Å². The number of aryl methyl sites for hydroxylation is 2. The van der Waals surface area contributed by atoms with Gasteiger partial charge in [0, 0.05) is 16.4 Å². The van der Waals surface area contributed by atoms with Crippen LogP contribution in [0.25, 0.3) is 5.95 Å². The SMILES string of the molecule is Cc1cc(C)n(-c2nc(N/N=C\c3cc(Br)c(O)c(Br)c3)nc(Nc3ccc(Cl)cc3)n2)n1. The van der Waals surface area contributed by atoms with E-state index in [0.717, 1.165) is 22.6 Å². The van der Waals surface area contributed by atoms with E-state index in [4.69, 9.17) is 11.6 Å². The predicted molar refractivity (Wildman–Crippen MR) is 136 cm³/mol. The molecule has 0 atom stereocenters. The number of aromatic nitrogens is 5. The van der Waals surface area contributed by atoms with Crippen LogP contribution in [-0.4, -0.2) is 36.1 Å². The molecule has 4 aromatic rings. The second kappa shape index (κ2) is 9.86. The summed E-state index contributed by atoms with van der Waals surface area (Å²) in [5, 5.41) is 22.3. The summed E-state index contributed by atoms with van der Waals surface area (Å²) in [7, 11) is 0. The van der Waals surface area contributed by atoms with Gasteiger partial charge in [-0.25, -0.2) is 10.1 Å². The largest absolute Gasteiger partial charge is 0.506 e. The molecular formula is C21H17Br2ClN8O. The van der Waals surface area contributed by atoms with Crippen molar-refractivity contribution in [3.8, 4) is 11.7 Å². The third-order valence-corrected chi connectivity index (χ3v) is 5.80. The molecule has 0 fully saturated rings. The van der Waals surface area contributed by atoms with Gasteiger partial charge in [-0.15, -0.1) is 0 Å². The van der Waals surface area contributed by atoms with Gasteiger partial charge in [-0.2, -0.15) is 25.2 Å². The summed E-state index contributed by atoms with van der Waals surface area (Å²) in [4.78, 5) is 13.3. The quantitative estimate of drug-likeness (QED) is 0.193. The van der Waals surface area contributed by atoms with E-state index in [0.29, 0.717) is 25.9 Å². The van der Waals surface area contributed by atoms with Crippen LogP contribution in [0, 0.1) is 13.8 Å². The van der Waals surface area contributed by atoms with Gasteiger partial charge in [0.05, 0.1) is 20.9 Å². The number of aromatic hydroxyl groups is 1. The van der Waals surface area contributed by atoms with E-state index in [1.54, 1.807) is 35.2 Å². The van der Waals surface area contributed by atoms with Crippen LogP contribution in [0.2, 0.25) is 5.02 Å². The van der Waals surface area contributed by atoms with E-state index >= 15 is 0 Å². The van der Waals surface area contributed by atoms with E-state index in [1.165, 1.54) is 0 Å². The number of hydrogen-bond acceptors (Lipinski definition) is 8. The molecule has 0 unspecified atom stereocenters. The number of nitrogens with one attached hydrogen (secondary N) is 2. The Morgan fingerprint density at radius 3 is 2.30 bits per heavy atom. The molecule has 33 heavy (non-hydrogen) atoms. The molecule has 0 spiro atoms. The van der Waals surface area contributed by atoms with Gasteiger partial charge in [-0.1, -0.05) is 11.6 Å². The molecule has 0 amide bonds. The second-order valence-electron chi connectivity index (χ2n) is 6.96. The average Bonchev–Trinajstić information content (AvgIpc) is 3.11. The Morgan fingerprint density at radius 1 is 1.00 bits per heavy atom. The van der Waals surface area contributed by atoms with Crippen LogP contribution < -0.4 is 10.7 Å². The van der Waals surface area contributed by atoms with Gasteiger partial charge >= 0.3 is 0 Å². The van der Waals surface area contributed by atoms with E-state index in [2.05, 4.69) is 67.8 Å². The molecule has 0 bridgehead atoms. The lowest BCUT2D eigenvalue weighted by Gasteiger charge is -2.09. The van der Waals surface area contributed by atoms with Gasteiger partial charge in [0.15, 0.2) is 0 Å². The van der Waals surface area contributed by atoms with Crippen LogP contribution in [0.3, 0.4) is 0 Å². The van der Waals surface area contributed by atoms with Crippen LogP contribution in [0.5, 0.6) is 5.75 Å². The molecule has 9 nitrogen and oxygen atoms in total. The van der Waals surface area contributed by atoms with Crippen molar-refractivity contribution in [2.75, 3.05) is 10.7 Å². The Bertz CT molecular complexity index is 1320. The van der Waals surface area contributed by atoms with Crippen molar-refractivity contribution < 1.29 is 5.11 Å². The first-order valence-electron chi connectivity index (χ1n) is 9.58. The third kappa shape index (κ3) is 5.67. The second-order valence-corrected chi connectivity index (χ2v) is 9.10. The summed E-state index contributed by atoms with van der Waals surface area (Å²) in [6, 6.07) is 12.6. The molecule has 2 aromatic heterocycles. The van der Waals surface area contributed by atoms with Gasteiger partial charge in [0.1, 0.15) is 5.75 Å². The molecule has 2 aromatic carbocycles. The minimum absolute atomic E-state index is 0.116. The maximum absolute atomic E-state index is 9.86. The summed E-state index contributed by atoms with van der Waals surface area (Å²) in [5.74, 6) is 0.977. The van der Waals surface area contributed by atoms with Gasteiger partial charge in [0.2, 0.25) is 11.9 Å². The molecular weight excluding hydrogens is 576 g/mol. The summed E-state index contributed by atoms with van der Waals surface area (Å²) in [6.45, 7) is 3.82. The molecule has 4 rings (SSSR count). The van der Waals surface area contributed by atoms with Gasteiger partial charge in [-0.3, -0.25) is 0 Å². The number of hydrazone groups is 1. The Labute approximate surface area is 211 Å². The zero-order chi connectivity index (χ0) is 23.5. The molecule has 0 saturated heterocycles. The average molecular weight is 593 g/mol. The van der Waals surface area contributed by atoms with Crippen molar-refractivity contribution in [2.45, 2.75) is 13.8 Å². The van der Waals surface area contributed by atoms with E-state index in [9.17, 15) is 5.11 Å². The zero-order valence-corrected chi connectivity index (χ0v) is 21.3. The van der Waals surface area contributed by atoms with Gasteiger partial charge in [-0.05, 0) is 93.7 Å². The number of anilines is 3. The van der Waals surface area contributed by atoms with Crippen LogP contribution in [0.1, 0.15) is 17.0 Å². The summed E-state index contributed by atoms with van der Waals surface area (Å²) in [6.07, 6.45) is 1.58. The number of phenols is 1. The van der Waals surface area contributed by atoms with E-state index in [-0.39, 0.29) is 11.7 Å². The van der Waals surface area contributed by atoms with Gasteiger partial charge < -0.3 is 10.4 Å². The molecule has 3 N–H and O–H groups in total. The normalized spacial score (nSPS) is 11.2.